The van der Waals surface area contributed by atoms with Gasteiger partial charge in [0.15, 0.2) is 0 Å². The Bertz CT molecular complexity index is 1020. The molecule has 2 aromatic rings. The van der Waals surface area contributed by atoms with Crippen molar-refractivity contribution in [1.82, 2.24) is 9.62 Å². The number of ether oxygens (including phenoxy) is 1. The zero-order valence-corrected chi connectivity index (χ0v) is 18.2. The molecule has 6 nitrogen and oxygen atoms in total. The Kier molecular flexibility index (Phi) is 6.77. The van der Waals surface area contributed by atoms with Gasteiger partial charge in [-0.05, 0) is 50.1 Å². The van der Waals surface area contributed by atoms with Crippen LogP contribution in [0.4, 0.5) is 4.39 Å². The highest BCUT2D eigenvalue weighted by atomic mass is 32.2. The number of nitrogens with one attached hydrogen (secondary N) is 1. The van der Waals surface area contributed by atoms with Crippen molar-refractivity contribution >= 4 is 15.9 Å². The lowest BCUT2D eigenvalue weighted by Crippen LogP contribution is -2.50. The number of benzene rings is 2. The third kappa shape index (κ3) is 5.17. The smallest absolute Gasteiger partial charge is 0.244 e. The number of carbonyl (C=O) groups is 1. The van der Waals surface area contributed by atoms with Crippen LogP contribution in [0.3, 0.4) is 0 Å². The van der Waals surface area contributed by atoms with Crippen molar-refractivity contribution < 1.29 is 22.3 Å². The van der Waals surface area contributed by atoms with Crippen LogP contribution in [0.15, 0.2) is 47.4 Å². The number of likely N-dealkylation sites (tertiary alicyclic amines) is 1. The van der Waals surface area contributed by atoms with E-state index in [1.54, 1.807) is 4.90 Å². The van der Waals surface area contributed by atoms with E-state index in [0.29, 0.717) is 25.9 Å². The van der Waals surface area contributed by atoms with E-state index in [1.165, 1.54) is 25.1 Å². The van der Waals surface area contributed by atoms with Crippen LogP contribution in [0.2, 0.25) is 0 Å². The van der Waals surface area contributed by atoms with Crippen molar-refractivity contribution in [3.8, 4) is 5.75 Å². The van der Waals surface area contributed by atoms with E-state index in [0.717, 1.165) is 22.9 Å². The van der Waals surface area contributed by atoms with Crippen LogP contribution in [0.1, 0.15) is 30.9 Å². The summed E-state index contributed by atoms with van der Waals surface area (Å²) < 4.78 is 47.1. The SMILES string of the molecule is Cc1ccc(C)c(OC2CCN(C(=O)[C@H](C)NS(=O)(=O)c3ccccc3F)CC2)c1. The summed E-state index contributed by atoms with van der Waals surface area (Å²) in [5.74, 6) is -0.333. The molecule has 0 saturated carbocycles. The number of nitrogens with zero attached hydrogens (tertiary/aromatic N) is 1. The van der Waals surface area contributed by atoms with Crippen molar-refractivity contribution in [1.29, 1.82) is 0 Å². The number of halogens is 1. The zero-order valence-electron chi connectivity index (χ0n) is 17.4. The van der Waals surface area contributed by atoms with Crippen LogP contribution in [0.25, 0.3) is 0 Å². The highest BCUT2D eigenvalue weighted by Crippen LogP contribution is 2.24. The lowest BCUT2D eigenvalue weighted by Gasteiger charge is -2.34. The number of sulfonamides is 1. The maximum atomic E-state index is 13.8. The summed E-state index contributed by atoms with van der Waals surface area (Å²) in [6.45, 7) is 6.42. The minimum Gasteiger partial charge on any atom is -0.490 e. The van der Waals surface area contributed by atoms with Crippen LogP contribution in [-0.2, 0) is 14.8 Å². The first-order chi connectivity index (χ1) is 14.2. The van der Waals surface area contributed by atoms with Crippen molar-refractivity contribution in [3.05, 3.63) is 59.4 Å². The quantitative estimate of drug-likeness (QED) is 0.758. The van der Waals surface area contributed by atoms with Gasteiger partial charge in [0.05, 0.1) is 6.04 Å². The Balaban J connectivity index is 1.57. The van der Waals surface area contributed by atoms with Gasteiger partial charge in [0.1, 0.15) is 22.6 Å². The van der Waals surface area contributed by atoms with Gasteiger partial charge in [-0.3, -0.25) is 4.79 Å². The highest BCUT2D eigenvalue weighted by Gasteiger charge is 2.30. The molecule has 0 aromatic heterocycles. The Hall–Kier alpha value is -2.45. The summed E-state index contributed by atoms with van der Waals surface area (Å²) in [6, 6.07) is 10.2. The topological polar surface area (TPSA) is 75.7 Å². The van der Waals surface area contributed by atoms with Gasteiger partial charge in [-0.15, -0.1) is 0 Å². The molecule has 1 N–H and O–H groups in total. The van der Waals surface area contributed by atoms with Gasteiger partial charge in [0.2, 0.25) is 15.9 Å². The number of piperidine rings is 1. The highest BCUT2D eigenvalue weighted by molar-refractivity contribution is 7.89. The van der Waals surface area contributed by atoms with Gasteiger partial charge >= 0.3 is 0 Å². The largest absolute Gasteiger partial charge is 0.490 e. The van der Waals surface area contributed by atoms with Crippen LogP contribution in [-0.4, -0.2) is 44.5 Å². The number of amides is 1. The van der Waals surface area contributed by atoms with Crippen LogP contribution >= 0.6 is 0 Å². The van der Waals surface area contributed by atoms with Crippen molar-refractivity contribution in [2.45, 2.75) is 50.7 Å². The lowest BCUT2D eigenvalue weighted by molar-refractivity contribution is -0.134. The fourth-order valence-corrected chi connectivity index (χ4v) is 4.77. The van der Waals surface area contributed by atoms with E-state index in [2.05, 4.69) is 4.72 Å². The molecule has 0 radical (unpaired) electrons. The first-order valence-electron chi connectivity index (χ1n) is 9.97. The summed E-state index contributed by atoms with van der Waals surface area (Å²) in [4.78, 5) is 13.9. The van der Waals surface area contributed by atoms with Gasteiger partial charge in [0.25, 0.3) is 0 Å². The van der Waals surface area contributed by atoms with Crippen LogP contribution < -0.4 is 9.46 Å². The summed E-state index contributed by atoms with van der Waals surface area (Å²) in [5, 5.41) is 0. The molecule has 0 aliphatic carbocycles. The fraction of sp³-hybridized carbons (Fsp3) is 0.409. The Morgan fingerprint density at radius 1 is 1.17 bits per heavy atom. The second kappa shape index (κ2) is 9.14. The molecular formula is C22H27FN2O4S. The fourth-order valence-electron chi connectivity index (χ4n) is 3.49. The Morgan fingerprint density at radius 2 is 1.83 bits per heavy atom. The standard InChI is InChI=1S/C22H27FN2O4S/c1-15-8-9-16(2)20(14-15)29-18-10-12-25(13-11-18)22(26)17(3)24-30(27,28)21-7-5-4-6-19(21)23/h4-9,14,17-18,24H,10-13H2,1-3H3/t17-/m0/s1. The zero-order chi connectivity index (χ0) is 21.9. The lowest BCUT2D eigenvalue weighted by atomic mass is 10.1. The molecule has 1 fully saturated rings. The molecule has 1 aliphatic heterocycles. The molecule has 0 unspecified atom stereocenters. The molecule has 0 bridgehead atoms. The van der Waals surface area contributed by atoms with E-state index in [1.807, 2.05) is 32.0 Å². The average Bonchev–Trinajstić information content (AvgIpc) is 2.70. The predicted molar refractivity (Wildman–Crippen MR) is 112 cm³/mol. The summed E-state index contributed by atoms with van der Waals surface area (Å²) in [7, 11) is -4.13. The number of carbonyl (C=O) groups excluding carboxylic acids is 1. The first kappa shape index (κ1) is 22.2. The van der Waals surface area contributed by atoms with E-state index >= 15 is 0 Å². The van der Waals surface area contributed by atoms with Gasteiger partial charge in [-0.2, -0.15) is 4.72 Å². The molecule has 8 heteroatoms. The molecular weight excluding hydrogens is 407 g/mol. The summed E-state index contributed by atoms with van der Waals surface area (Å²) >= 11 is 0. The van der Waals surface area contributed by atoms with E-state index < -0.39 is 26.8 Å². The third-order valence-corrected chi connectivity index (χ3v) is 6.79. The molecule has 1 amide bonds. The second-order valence-corrected chi connectivity index (χ2v) is 9.37. The second-order valence-electron chi connectivity index (χ2n) is 7.68. The third-order valence-electron chi connectivity index (χ3n) is 5.22. The molecule has 0 spiro atoms. The minimum absolute atomic E-state index is 0.0000347. The van der Waals surface area contributed by atoms with E-state index in [9.17, 15) is 17.6 Å². The number of hydrogen-bond acceptors (Lipinski definition) is 4. The molecule has 162 valence electrons. The molecule has 30 heavy (non-hydrogen) atoms. The minimum atomic E-state index is -4.13. The van der Waals surface area contributed by atoms with Gasteiger partial charge in [0, 0.05) is 25.9 Å². The molecule has 1 saturated heterocycles. The summed E-state index contributed by atoms with van der Waals surface area (Å²) in [6.07, 6.45) is 1.32. The van der Waals surface area contributed by atoms with Gasteiger partial charge < -0.3 is 9.64 Å². The van der Waals surface area contributed by atoms with Crippen molar-refractivity contribution in [2.24, 2.45) is 0 Å². The Labute approximate surface area is 177 Å². The maximum absolute atomic E-state index is 13.8. The molecule has 1 heterocycles. The van der Waals surface area contributed by atoms with E-state index in [4.69, 9.17) is 4.74 Å². The molecule has 1 atom stereocenters. The van der Waals surface area contributed by atoms with Crippen molar-refractivity contribution in [3.63, 3.8) is 0 Å². The summed E-state index contributed by atoms with van der Waals surface area (Å²) in [5.41, 5.74) is 2.19. The molecule has 1 aliphatic rings. The van der Waals surface area contributed by atoms with Crippen LogP contribution in [0, 0.1) is 19.7 Å². The van der Waals surface area contributed by atoms with Crippen molar-refractivity contribution in [2.75, 3.05) is 13.1 Å². The number of hydrogen-bond donors (Lipinski definition) is 1. The molecule has 2 aromatic carbocycles. The van der Waals surface area contributed by atoms with Gasteiger partial charge in [-0.1, -0.05) is 24.3 Å². The average molecular weight is 435 g/mol. The number of aryl methyl sites for hydroxylation is 2. The van der Waals surface area contributed by atoms with Crippen LogP contribution in [0.5, 0.6) is 5.75 Å². The number of rotatable bonds is 6. The van der Waals surface area contributed by atoms with E-state index in [-0.39, 0.29) is 12.0 Å². The normalized spacial score (nSPS) is 16.3. The monoisotopic (exact) mass is 434 g/mol. The maximum Gasteiger partial charge on any atom is 0.244 e. The van der Waals surface area contributed by atoms with Gasteiger partial charge in [-0.25, -0.2) is 12.8 Å². The Morgan fingerprint density at radius 3 is 2.50 bits per heavy atom. The molecule has 3 rings (SSSR count). The predicted octanol–water partition coefficient (Wildman–Crippen LogP) is 3.18. The first-order valence-corrected chi connectivity index (χ1v) is 11.5.